The minimum atomic E-state index is -1.34. The van der Waals surface area contributed by atoms with E-state index in [2.05, 4.69) is 25.9 Å². The number of hydrogen-bond donors (Lipinski definition) is 2. The molecule has 0 unspecified atom stereocenters. The van der Waals surface area contributed by atoms with Gasteiger partial charge in [-0.05, 0) is 18.2 Å². The number of nitrogens with two attached hydrogens (primary N) is 1. The molecule has 6 nitrogen and oxygen atoms in total. The maximum absolute atomic E-state index is 13.9. The molecule has 0 spiro atoms. The Hall–Kier alpha value is -2.22. The Kier molecular flexibility index (Phi) is 3.84. The van der Waals surface area contributed by atoms with Crippen LogP contribution in [0, 0.1) is 5.82 Å². The van der Waals surface area contributed by atoms with Crippen molar-refractivity contribution in [3.63, 3.8) is 0 Å². The fourth-order valence-corrected chi connectivity index (χ4v) is 1.94. The highest BCUT2D eigenvalue weighted by Gasteiger charge is 2.20. The standard InChI is InChI=1S/C12H9BrFN3O3/c1-20-9-8(12(18)19)16-11(17-10(9)15)6-3-2-5(13)4-7(6)14/h2-4H,1H3,(H,18,19)(H2,15,16,17). The van der Waals surface area contributed by atoms with Crippen LogP contribution in [0.5, 0.6) is 5.75 Å². The molecule has 1 aromatic carbocycles. The predicted molar refractivity (Wildman–Crippen MR) is 73.0 cm³/mol. The summed E-state index contributed by atoms with van der Waals surface area (Å²) in [6.07, 6.45) is 0. The van der Waals surface area contributed by atoms with Crippen LogP contribution in [0.15, 0.2) is 22.7 Å². The summed E-state index contributed by atoms with van der Waals surface area (Å²) >= 11 is 3.12. The Morgan fingerprint density at radius 3 is 2.70 bits per heavy atom. The smallest absolute Gasteiger partial charge is 0.358 e. The highest BCUT2D eigenvalue weighted by atomic mass is 79.9. The number of anilines is 1. The first kappa shape index (κ1) is 14.2. The molecule has 0 aliphatic heterocycles. The number of carboxylic acids is 1. The van der Waals surface area contributed by atoms with Gasteiger partial charge < -0.3 is 15.6 Å². The Morgan fingerprint density at radius 1 is 1.45 bits per heavy atom. The van der Waals surface area contributed by atoms with E-state index in [1.54, 1.807) is 6.07 Å². The summed E-state index contributed by atoms with van der Waals surface area (Å²) in [5.74, 6) is -2.38. The van der Waals surface area contributed by atoms with Crippen LogP contribution in [0.4, 0.5) is 10.2 Å². The van der Waals surface area contributed by atoms with E-state index in [1.165, 1.54) is 19.2 Å². The van der Waals surface area contributed by atoms with Crippen molar-refractivity contribution < 1.29 is 19.0 Å². The van der Waals surface area contributed by atoms with E-state index >= 15 is 0 Å². The van der Waals surface area contributed by atoms with Crippen molar-refractivity contribution in [2.75, 3.05) is 12.8 Å². The highest BCUT2D eigenvalue weighted by Crippen LogP contribution is 2.29. The molecule has 0 radical (unpaired) electrons. The molecule has 0 aliphatic rings. The normalized spacial score (nSPS) is 10.3. The molecule has 0 fully saturated rings. The summed E-state index contributed by atoms with van der Waals surface area (Å²) in [4.78, 5) is 18.8. The monoisotopic (exact) mass is 341 g/mol. The average molecular weight is 342 g/mol. The number of ether oxygens (including phenoxy) is 1. The lowest BCUT2D eigenvalue weighted by Crippen LogP contribution is -2.10. The maximum atomic E-state index is 13.9. The third-order valence-electron chi connectivity index (χ3n) is 2.47. The van der Waals surface area contributed by atoms with Gasteiger partial charge >= 0.3 is 5.97 Å². The van der Waals surface area contributed by atoms with Crippen molar-refractivity contribution in [2.45, 2.75) is 0 Å². The summed E-state index contributed by atoms with van der Waals surface area (Å²) in [7, 11) is 1.25. The van der Waals surface area contributed by atoms with Crippen molar-refractivity contribution in [1.82, 2.24) is 9.97 Å². The lowest BCUT2D eigenvalue weighted by atomic mass is 10.2. The Balaban J connectivity index is 2.66. The average Bonchev–Trinajstić information content (AvgIpc) is 2.37. The van der Waals surface area contributed by atoms with Crippen molar-refractivity contribution in [3.8, 4) is 17.1 Å². The van der Waals surface area contributed by atoms with Gasteiger partial charge in [-0.15, -0.1) is 0 Å². The van der Waals surface area contributed by atoms with E-state index in [1.807, 2.05) is 0 Å². The minimum absolute atomic E-state index is 0.0463. The minimum Gasteiger partial charge on any atom is -0.491 e. The molecule has 8 heteroatoms. The highest BCUT2D eigenvalue weighted by molar-refractivity contribution is 9.10. The number of methoxy groups -OCH3 is 1. The van der Waals surface area contributed by atoms with Gasteiger partial charge in [0.2, 0.25) is 0 Å². The number of nitrogens with zero attached hydrogens (tertiary/aromatic N) is 2. The predicted octanol–water partition coefficient (Wildman–Crippen LogP) is 2.33. The number of aromatic nitrogens is 2. The van der Waals surface area contributed by atoms with Gasteiger partial charge in [0.15, 0.2) is 23.1 Å². The fourth-order valence-electron chi connectivity index (χ4n) is 1.61. The molecule has 1 heterocycles. The summed E-state index contributed by atoms with van der Waals surface area (Å²) in [5.41, 5.74) is 5.24. The maximum Gasteiger partial charge on any atom is 0.358 e. The van der Waals surface area contributed by atoms with E-state index in [0.717, 1.165) is 0 Å². The van der Waals surface area contributed by atoms with Crippen LogP contribution in [-0.4, -0.2) is 28.2 Å². The Morgan fingerprint density at radius 2 is 2.15 bits per heavy atom. The van der Waals surface area contributed by atoms with Crippen LogP contribution in [0.25, 0.3) is 11.4 Å². The number of aromatic carboxylic acids is 1. The second kappa shape index (κ2) is 5.41. The van der Waals surface area contributed by atoms with Crippen LogP contribution >= 0.6 is 15.9 Å². The zero-order valence-electron chi connectivity index (χ0n) is 10.2. The van der Waals surface area contributed by atoms with Gasteiger partial charge in [0.05, 0.1) is 12.7 Å². The molecule has 1 aromatic heterocycles. The van der Waals surface area contributed by atoms with Crippen molar-refractivity contribution in [3.05, 3.63) is 34.2 Å². The van der Waals surface area contributed by atoms with Crippen molar-refractivity contribution in [1.29, 1.82) is 0 Å². The summed E-state index contributed by atoms with van der Waals surface area (Å²) in [6, 6.07) is 4.23. The molecular formula is C12H9BrFN3O3. The van der Waals surface area contributed by atoms with E-state index in [-0.39, 0.29) is 23.0 Å². The first-order chi connectivity index (χ1) is 9.43. The van der Waals surface area contributed by atoms with Crippen LogP contribution in [0.3, 0.4) is 0 Å². The van der Waals surface area contributed by atoms with Gasteiger partial charge in [0.1, 0.15) is 5.82 Å². The molecule has 20 heavy (non-hydrogen) atoms. The van der Waals surface area contributed by atoms with Crippen LogP contribution in [-0.2, 0) is 0 Å². The molecular weight excluding hydrogens is 333 g/mol. The van der Waals surface area contributed by atoms with Gasteiger partial charge in [0.25, 0.3) is 0 Å². The van der Waals surface area contributed by atoms with Gasteiger partial charge in [-0.25, -0.2) is 19.2 Å². The van der Waals surface area contributed by atoms with E-state index < -0.39 is 17.5 Å². The quantitative estimate of drug-likeness (QED) is 0.888. The van der Waals surface area contributed by atoms with Gasteiger partial charge in [-0.1, -0.05) is 15.9 Å². The number of hydrogen-bond acceptors (Lipinski definition) is 5. The van der Waals surface area contributed by atoms with Crippen molar-refractivity contribution >= 4 is 27.7 Å². The third kappa shape index (κ3) is 2.55. The molecule has 2 aromatic rings. The van der Waals surface area contributed by atoms with E-state index in [9.17, 15) is 9.18 Å². The molecule has 0 amide bonds. The summed E-state index contributed by atoms with van der Waals surface area (Å²) in [5, 5.41) is 9.08. The first-order valence-electron chi connectivity index (χ1n) is 5.34. The number of nitrogen functional groups attached to an aromatic ring is 1. The zero-order valence-corrected chi connectivity index (χ0v) is 11.8. The lowest BCUT2D eigenvalue weighted by molar-refractivity contribution is 0.0686. The molecule has 0 saturated heterocycles. The second-order valence-corrected chi connectivity index (χ2v) is 4.66. The van der Waals surface area contributed by atoms with E-state index in [4.69, 9.17) is 15.6 Å². The molecule has 2 rings (SSSR count). The Labute approximate surface area is 121 Å². The molecule has 0 atom stereocenters. The SMILES string of the molecule is COc1c(N)nc(-c2ccc(Br)cc2F)nc1C(=O)O. The molecule has 0 aliphatic carbocycles. The topological polar surface area (TPSA) is 98.3 Å². The zero-order chi connectivity index (χ0) is 14.9. The summed E-state index contributed by atoms with van der Waals surface area (Å²) < 4.78 is 19.2. The van der Waals surface area contributed by atoms with Gasteiger partial charge in [-0.3, -0.25) is 0 Å². The van der Waals surface area contributed by atoms with E-state index in [0.29, 0.717) is 4.47 Å². The molecule has 0 saturated carbocycles. The van der Waals surface area contributed by atoms with Gasteiger partial charge in [0, 0.05) is 4.47 Å². The molecule has 3 N–H and O–H groups in total. The van der Waals surface area contributed by atoms with Crippen LogP contribution in [0.2, 0.25) is 0 Å². The second-order valence-electron chi connectivity index (χ2n) is 3.74. The summed E-state index contributed by atoms with van der Waals surface area (Å²) in [6.45, 7) is 0. The van der Waals surface area contributed by atoms with Crippen LogP contribution < -0.4 is 10.5 Å². The third-order valence-corrected chi connectivity index (χ3v) is 2.96. The number of rotatable bonds is 3. The number of benzene rings is 1. The number of carbonyl (C=O) groups is 1. The fraction of sp³-hybridized carbons (Fsp3) is 0.0833. The number of halogens is 2. The lowest BCUT2D eigenvalue weighted by Gasteiger charge is -2.09. The largest absolute Gasteiger partial charge is 0.491 e. The molecule has 104 valence electrons. The van der Waals surface area contributed by atoms with Crippen LogP contribution in [0.1, 0.15) is 10.5 Å². The molecule has 0 bridgehead atoms. The van der Waals surface area contributed by atoms with Crippen molar-refractivity contribution in [2.24, 2.45) is 0 Å². The number of carboxylic acid groups (broad SMARTS) is 1. The van der Waals surface area contributed by atoms with Gasteiger partial charge in [-0.2, -0.15) is 0 Å². The first-order valence-corrected chi connectivity index (χ1v) is 6.13. The Bertz CT molecular complexity index is 694.